The molecule has 2 unspecified atom stereocenters. The molecule has 2 atom stereocenters. The van der Waals surface area contributed by atoms with Crippen molar-refractivity contribution in [2.45, 2.75) is 12.3 Å². The zero-order valence-electron chi connectivity index (χ0n) is 8.87. The fourth-order valence-electron chi connectivity index (χ4n) is 2.16. The summed E-state index contributed by atoms with van der Waals surface area (Å²) in [6, 6.07) is 7.53. The monoisotopic (exact) mass is 227 g/mol. The third-order valence-electron chi connectivity index (χ3n) is 3.12. The molecular formula is C12H9N3O2. The second-order valence-corrected chi connectivity index (χ2v) is 4.17. The maximum Gasteiger partial charge on any atom is 0.307 e. The smallest absolute Gasteiger partial charge is 0.307 e. The summed E-state index contributed by atoms with van der Waals surface area (Å²) in [5, 5.41) is 17.9. The highest BCUT2D eigenvalue weighted by atomic mass is 16.4. The molecule has 2 aromatic heterocycles. The molecule has 1 aliphatic carbocycles. The summed E-state index contributed by atoms with van der Waals surface area (Å²) < 4.78 is 1.81. The second-order valence-electron chi connectivity index (χ2n) is 4.17. The molecule has 0 spiro atoms. The molecule has 1 aliphatic rings. The lowest BCUT2D eigenvalue weighted by Gasteiger charge is -1.97. The van der Waals surface area contributed by atoms with Crippen LogP contribution in [0.15, 0.2) is 24.4 Å². The summed E-state index contributed by atoms with van der Waals surface area (Å²) in [5.74, 6) is -0.525. The van der Waals surface area contributed by atoms with Crippen molar-refractivity contribution in [1.82, 2.24) is 9.38 Å². The van der Waals surface area contributed by atoms with Gasteiger partial charge in [0.05, 0.1) is 11.4 Å². The van der Waals surface area contributed by atoms with E-state index in [4.69, 9.17) is 10.4 Å². The Labute approximate surface area is 96.9 Å². The van der Waals surface area contributed by atoms with Crippen LogP contribution in [-0.4, -0.2) is 20.5 Å². The third kappa shape index (κ3) is 1.38. The molecule has 0 radical (unpaired) electrons. The van der Waals surface area contributed by atoms with E-state index in [-0.39, 0.29) is 11.8 Å². The molecule has 2 aromatic rings. The number of carboxylic acid groups (broad SMARTS) is 1. The van der Waals surface area contributed by atoms with Crippen LogP contribution in [0.1, 0.15) is 23.9 Å². The van der Waals surface area contributed by atoms with Gasteiger partial charge in [-0.15, -0.1) is 0 Å². The number of hydrogen-bond donors (Lipinski definition) is 1. The summed E-state index contributed by atoms with van der Waals surface area (Å²) in [6.07, 6.45) is 2.42. The van der Waals surface area contributed by atoms with Crippen LogP contribution in [0, 0.1) is 17.2 Å². The standard InChI is InChI=1S/C12H9N3O2/c13-6-9-10-3-1-2-4-15(10)11(14-9)7-5-8(7)12(16)17/h1-4,7-8H,5H2,(H,16,17). The van der Waals surface area contributed by atoms with Gasteiger partial charge in [-0.1, -0.05) is 6.07 Å². The van der Waals surface area contributed by atoms with Gasteiger partial charge in [-0.05, 0) is 18.6 Å². The van der Waals surface area contributed by atoms with E-state index in [1.54, 1.807) is 0 Å². The highest BCUT2D eigenvalue weighted by Gasteiger charge is 2.47. The lowest BCUT2D eigenvalue weighted by molar-refractivity contribution is -0.138. The van der Waals surface area contributed by atoms with E-state index in [1.165, 1.54) is 0 Å². The number of pyridine rings is 1. The topological polar surface area (TPSA) is 78.4 Å². The number of carbonyl (C=O) groups is 1. The lowest BCUT2D eigenvalue weighted by atomic mass is 10.3. The first kappa shape index (κ1) is 9.85. The highest BCUT2D eigenvalue weighted by molar-refractivity contribution is 5.75. The van der Waals surface area contributed by atoms with Gasteiger partial charge in [0.15, 0.2) is 5.69 Å². The molecule has 0 saturated heterocycles. The minimum Gasteiger partial charge on any atom is -0.481 e. The number of rotatable bonds is 2. The Hall–Kier alpha value is -2.35. The Morgan fingerprint density at radius 3 is 3.06 bits per heavy atom. The lowest BCUT2D eigenvalue weighted by Crippen LogP contribution is -2.01. The number of aromatic nitrogens is 2. The van der Waals surface area contributed by atoms with E-state index < -0.39 is 5.97 Å². The summed E-state index contributed by atoms with van der Waals surface area (Å²) >= 11 is 0. The Balaban J connectivity index is 2.13. The van der Waals surface area contributed by atoms with Gasteiger partial charge in [0.25, 0.3) is 0 Å². The molecule has 5 nitrogen and oxygen atoms in total. The summed E-state index contributed by atoms with van der Waals surface area (Å²) in [7, 11) is 0. The Morgan fingerprint density at radius 2 is 2.41 bits per heavy atom. The van der Waals surface area contributed by atoms with Crippen LogP contribution in [0.3, 0.4) is 0 Å². The summed E-state index contributed by atoms with van der Waals surface area (Å²) in [4.78, 5) is 15.1. The van der Waals surface area contributed by atoms with Crippen LogP contribution in [0.5, 0.6) is 0 Å². The number of fused-ring (bicyclic) bond motifs is 1. The maximum absolute atomic E-state index is 10.9. The van der Waals surface area contributed by atoms with E-state index in [2.05, 4.69) is 4.98 Å². The van der Waals surface area contributed by atoms with Crippen LogP contribution in [0.25, 0.3) is 5.52 Å². The van der Waals surface area contributed by atoms with Crippen molar-refractivity contribution in [2.75, 3.05) is 0 Å². The van der Waals surface area contributed by atoms with Crippen molar-refractivity contribution in [3.63, 3.8) is 0 Å². The largest absolute Gasteiger partial charge is 0.481 e. The predicted octanol–water partition coefficient (Wildman–Crippen LogP) is 1.39. The van der Waals surface area contributed by atoms with Crippen LogP contribution < -0.4 is 0 Å². The molecule has 3 rings (SSSR count). The van der Waals surface area contributed by atoms with Crippen molar-refractivity contribution in [1.29, 1.82) is 5.26 Å². The van der Waals surface area contributed by atoms with Gasteiger partial charge in [-0.2, -0.15) is 5.26 Å². The normalized spacial score (nSPS) is 22.3. The van der Waals surface area contributed by atoms with Gasteiger partial charge >= 0.3 is 5.97 Å². The van der Waals surface area contributed by atoms with Crippen molar-refractivity contribution in [3.8, 4) is 6.07 Å². The Bertz CT molecular complexity index is 653. The number of nitrogens with zero attached hydrogens (tertiary/aromatic N) is 3. The number of aliphatic carboxylic acids is 1. The number of nitriles is 1. The van der Waals surface area contributed by atoms with Gasteiger partial charge in [0, 0.05) is 12.1 Å². The van der Waals surface area contributed by atoms with Crippen molar-refractivity contribution in [2.24, 2.45) is 5.92 Å². The first-order valence-electron chi connectivity index (χ1n) is 5.32. The Morgan fingerprint density at radius 1 is 1.59 bits per heavy atom. The molecule has 2 heterocycles. The first-order chi connectivity index (χ1) is 8.22. The quantitative estimate of drug-likeness (QED) is 0.840. The van der Waals surface area contributed by atoms with E-state index in [0.29, 0.717) is 17.9 Å². The van der Waals surface area contributed by atoms with Crippen molar-refractivity contribution in [3.05, 3.63) is 35.9 Å². The number of hydrogen-bond acceptors (Lipinski definition) is 3. The number of carboxylic acids is 1. The maximum atomic E-state index is 10.9. The molecule has 1 saturated carbocycles. The fraction of sp³-hybridized carbons (Fsp3) is 0.250. The minimum atomic E-state index is -0.791. The fourth-order valence-corrected chi connectivity index (χ4v) is 2.16. The highest BCUT2D eigenvalue weighted by Crippen LogP contribution is 2.47. The molecule has 0 aliphatic heterocycles. The van der Waals surface area contributed by atoms with Crippen LogP contribution >= 0.6 is 0 Å². The molecular weight excluding hydrogens is 218 g/mol. The predicted molar refractivity (Wildman–Crippen MR) is 58.4 cm³/mol. The zero-order chi connectivity index (χ0) is 12.0. The molecule has 1 fully saturated rings. The molecule has 0 bridgehead atoms. The summed E-state index contributed by atoms with van der Waals surface area (Å²) in [5.41, 5.74) is 1.10. The SMILES string of the molecule is N#Cc1nc(C2CC2C(=O)O)n2ccccc12. The average molecular weight is 227 g/mol. The average Bonchev–Trinajstić information content (AvgIpc) is 3.05. The van der Waals surface area contributed by atoms with Gasteiger partial charge in [-0.25, -0.2) is 4.98 Å². The molecule has 84 valence electrons. The van der Waals surface area contributed by atoms with Gasteiger partial charge in [0.2, 0.25) is 0 Å². The van der Waals surface area contributed by atoms with E-state index in [9.17, 15) is 4.79 Å². The molecule has 0 aromatic carbocycles. The second kappa shape index (κ2) is 3.32. The summed E-state index contributed by atoms with van der Waals surface area (Å²) in [6.45, 7) is 0. The molecule has 17 heavy (non-hydrogen) atoms. The van der Waals surface area contributed by atoms with Crippen molar-refractivity contribution >= 4 is 11.5 Å². The molecule has 5 heteroatoms. The zero-order valence-corrected chi connectivity index (χ0v) is 8.87. The minimum absolute atomic E-state index is 0.0653. The Kier molecular flexibility index (Phi) is 1.92. The van der Waals surface area contributed by atoms with Crippen LogP contribution in [0.2, 0.25) is 0 Å². The van der Waals surface area contributed by atoms with E-state index >= 15 is 0 Å². The van der Waals surface area contributed by atoms with Gasteiger partial charge < -0.3 is 9.51 Å². The van der Waals surface area contributed by atoms with E-state index in [0.717, 1.165) is 5.52 Å². The van der Waals surface area contributed by atoms with E-state index in [1.807, 2.05) is 34.9 Å². The van der Waals surface area contributed by atoms with Crippen LogP contribution in [-0.2, 0) is 4.79 Å². The third-order valence-corrected chi connectivity index (χ3v) is 3.12. The number of imidazole rings is 1. The first-order valence-corrected chi connectivity index (χ1v) is 5.32. The van der Waals surface area contributed by atoms with Crippen molar-refractivity contribution < 1.29 is 9.90 Å². The molecule has 0 amide bonds. The van der Waals surface area contributed by atoms with Gasteiger partial charge in [0.1, 0.15) is 11.9 Å². The molecule has 1 N–H and O–H groups in total. The van der Waals surface area contributed by atoms with Crippen LogP contribution in [0.4, 0.5) is 0 Å². The van der Waals surface area contributed by atoms with Gasteiger partial charge in [-0.3, -0.25) is 4.79 Å².